The molecule has 11 heavy (non-hydrogen) atoms. The van der Waals surface area contributed by atoms with E-state index in [-0.39, 0.29) is 5.02 Å². The number of furan rings is 1. The summed E-state index contributed by atoms with van der Waals surface area (Å²) in [5.41, 5.74) is 0.608. The second kappa shape index (κ2) is 2.24. The van der Waals surface area contributed by atoms with Gasteiger partial charge in [-0.2, -0.15) is 0 Å². The van der Waals surface area contributed by atoms with Gasteiger partial charge in [-0.1, -0.05) is 11.6 Å². The topological polar surface area (TPSA) is 13.1 Å². The van der Waals surface area contributed by atoms with Crippen molar-refractivity contribution >= 4 is 22.6 Å². The average molecular weight is 171 g/mol. The minimum Gasteiger partial charge on any atom is -0.464 e. The van der Waals surface area contributed by atoms with E-state index in [0.717, 1.165) is 5.39 Å². The lowest BCUT2D eigenvalue weighted by atomic mass is 10.2. The molecule has 3 heteroatoms. The Morgan fingerprint density at radius 1 is 1.36 bits per heavy atom. The van der Waals surface area contributed by atoms with Crippen LogP contribution in [-0.4, -0.2) is 0 Å². The van der Waals surface area contributed by atoms with Gasteiger partial charge >= 0.3 is 0 Å². The van der Waals surface area contributed by atoms with Crippen molar-refractivity contribution in [3.05, 3.63) is 35.3 Å². The fourth-order valence-corrected chi connectivity index (χ4v) is 1.11. The minimum absolute atomic E-state index is 0.0902. The van der Waals surface area contributed by atoms with E-state index in [1.165, 1.54) is 18.4 Å². The first-order valence-corrected chi connectivity index (χ1v) is 3.47. The summed E-state index contributed by atoms with van der Waals surface area (Å²) in [7, 11) is 0. The van der Waals surface area contributed by atoms with E-state index in [4.69, 9.17) is 16.0 Å². The van der Waals surface area contributed by atoms with E-state index < -0.39 is 5.82 Å². The smallest absolute Gasteiger partial charge is 0.142 e. The summed E-state index contributed by atoms with van der Waals surface area (Å²) in [4.78, 5) is 0. The fourth-order valence-electron chi connectivity index (χ4n) is 0.957. The van der Waals surface area contributed by atoms with Gasteiger partial charge in [-0.05, 0) is 12.1 Å². The van der Waals surface area contributed by atoms with Crippen LogP contribution in [0.25, 0.3) is 11.0 Å². The molecule has 56 valence electrons. The largest absolute Gasteiger partial charge is 0.464 e. The normalized spacial score (nSPS) is 10.7. The Morgan fingerprint density at radius 3 is 3.00 bits per heavy atom. The average Bonchev–Trinajstić information content (AvgIpc) is 2.36. The van der Waals surface area contributed by atoms with Gasteiger partial charge in [-0.25, -0.2) is 4.39 Å². The molecular weight excluding hydrogens is 167 g/mol. The highest BCUT2D eigenvalue weighted by molar-refractivity contribution is 6.31. The molecule has 0 N–H and O–H groups in total. The third kappa shape index (κ3) is 0.994. The van der Waals surface area contributed by atoms with Crippen molar-refractivity contribution in [3.8, 4) is 0 Å². The highest BCUT2D eigenvalue weighted by Crippen LogP contribution is 2.23. The molecule has 2 aromatic rings. The van der Waals surface area contributed by atoms with Gasteiger partial charge < -0.3 is 4.42 Å². The SMILES string of the molecule is Fc1cc2ccoc2cc1Cl. The molecule has 2 rings (SSSR count). The molecule has 0 bridgehead atoms. The van der Waals surface area contributed by atoms with Gasteiger partial charge in [0, 0.05) is 11.5 Å². The van der Waals surface area contributed by atoms with Crippen molar-refractivity contribution in [2.45, 2.75) is 0 Å². The number of hydrogen-bond acceptors (Lipinski definition) is 1. The van der Waals surface area contributed by atoms with E-state index in [1.807, 2.05) is 0 Å². The van der Waals surface area contributed by atoms with Crippen molar-refractivity contribution in [1.29, 1.82) is 0 Å². The summed E-state index contributed by atoms with van der Waals surface area (Å²) in [6, 6.07) is 4.50. The Balaban J connectivity index is 2.86. The number of benzene rings is 1. The molecular formula is C8H4ClFO. The van der Waals surface area contributed by atoms with Crippen molar-refractivity contribution in [3.63, 3.8) is 0 Å². The summed E-state index contributed by atoms with van der Waals surface area (Å²) in [6.45, 7) is 0. The van der Waals surface area contributed by atoms with Crippen LogP contribution in [0.3, 0.4) is 0 Å². The van der Waals surface area contributed by atoms with E-state index in [1.54, 1.807) is 6.07 Å². The third-order valence-corrected chi connectivity index (χ3v) is 1.78. The van der Waals surface area contributed by atoms with Crippen molar-refractivity contribution in [2.75, 3.05) is 0 Å². The maximum Gasteiger partial charge on any atom is 0.142 e. The van der Waals surface area contributed by atoms with Crippen LogP contribution < -0.4 is 0 Å². The summed E-state index contributed by atoms with van der Waals surface area (Å²) in [5.74, 6) is -0.416. The fraction of sp³-hybridized carbons (Fsp3) is 0. The first-order valence-electron chi connectivity index (χ1n) is 3.09. The maximum atomic E-state index is 12.8. The molecule has 0 radical (unpaired) electrons. The molecule has 0 fully saturated rings. The van der Waals surface area contributed by atoms with Gasteiger partial charge in [-0.15, -0.1) is 0 Å². The molecule has 1 heterocycles. The van der Waals surface area contributed by atoms with E-state index >= 15 is 0 Å². The zero-order valence-electron chi connectivity index (χ0n) is 5.47. The second-order valence-electron chi connectivity index (χ2n) is 2.22. The number of rotatable bonds is 0. The van der Waals surface area contributed by atoms with Crippen LogP contribution in [0.2, 0.25) is 5.02 Å². The standard InChI is InChI=1S/C8H4ClFO/c9-6-4-8-5(1-2-11-8)3-7(6)10/h1-4H. The Morgan fingerprint density at radius 2 is 2.18 bits per heavy atom. The summed E-state index contributed by atoms with van der Waals surface area (Å²) >= 11 is 5.51. The maximum absolute atomic E-state index is 12.8. The van der Waals surface area contributed by atoms with Crippen molar-refractivity contribution in [2.24, 2.45) is 0 Å². The predicted molar refractivity (Wildman–Crippen MR) is 41.2 cm³/mol. The molecule has 0 saturated heterocycles. The Labute approximate surface area is 67.4 Å². The third-order valence-electron chi connectivity index (χ3n) is 1.50. The first kappa shape index (κ1) is 6.68. The van der Waals surface area contributed by atoms with E-state index in [9.17, 15) is 4.39 Å². The molecule has 1 aromatic carbocycles. The van der Waals surface area contributed by atoms with Crippen LogP contribution in [0.4, 0.5) is 4.39 Å². The molecule has 0 aliphatic heterocycles. The molecule has 0 spiro atoms. The van der Waals surface area contributed by atoms with Gasteiger partial charge in [-0.3, -0.25) is 0 Å². The van der Waals surface area contributed by atoms with Gasteiger partial charge in [0.15, 0.2) is 0 Å². The van der Waals surface area contributed by atoms with Crippen LogP contribution in [0.5, 0.6) is 0 Å². The highest BCUT2D eigenvalue weighted by Gasteiger charge is 2.03. The lowest BCUT2D eigenvalue weighted by Crippen LogP contribution is -1.74. The molecule has 0 atom stereocenters. The van der Waals surface area contributed by atoms with Gasteiger partial charge in [0.05, 0.1) is 11.3 Å². The quantitative estimate of drug-likeness (QED) is 0.592. The Hall–Kier alpha value is -1.02. The number of halogens is 2. The monoisotopic (exact) mass is 170 g/mol. The second-order valence-corrected chi connectivity index (χ2v) is 2.63. The molecule has 0 aliphatic rings. The lowest BCUT2D eigenvalue weighted by molar-refractivity contribution is 0.610. The Kier molecular flexibility index (Phi) is 1.36. The van der Waals surface area contributed by atoms with Crippen LogP contribution >= 0.6 is 11.6 Å². The van der Waals surface area contributed by atoms with E-state index in [2.05, 4.69) is 0 Å². The molecule has 1 nitrogen and oxygen atoms in total. The lowest BCUT2D eigenvalue weighted by Gasteiger charge is -1.91. The Bertz CT molecular complexity index is 358. The van der Waals surface area contributed by atoms with Crippen molar-refractivity contribution in [1.82, 2.24) is 0 Å². The van der Waals surface area contributed by atoms with Gasteiger partial charge in [0.1, 0.15) is 11.4 Å². The zero-order chi connectivity index (χ0) is 7.84. The number of hydrogen-bond donors (Lipinski definition) is 0. The van der Waals surface area contributed by atoms with Crippen LogP contribution in [-0.2, 0) is 0 Å². The molecule has 0 saturated carbocycles. The number of fused-ring (bicyclic) bond motifs is 1. The summed E-state index contributed by atoms with van der Waals surface area (Å²) in [5, 5.41) is 0.819. The first-order chi connectivity index (χ1) is 5.27. The summed E-state index contributed by atoms with van der Waals surface area (Å²) in [6.07, 6.45) is 1.50. The minimum atomic E-state index is -0.416. The molecule has 0 unspecified atom stereocenters. The van der Waals surface area contributed by atoms with Crippen LogP contribution in [0, 0.1) is 5.82 Å². The van der Waals surface area contributed by atoms with Crippen LogP contribution in [0.1, 0.15) is 0 Å². The molecule has 0 aliphatic carbocycles. The molecule has 1 aromatic heterocycles. The van der Waals surface area contributed by atoms with Gasteiger partial charge in [0.2, 0.25) is 0 Å². The molecule has 0 amide bonds. The van der Waals surface area contributed by atoms with Gasteiger partial charge in [0.25, 0.3) is 0 Å². The van der Waals surface area contributed by atoms with E-state index in [0.29, 0.717) is 5.58 Å². The van der Waals surface area contributed by atoms with Crippen molar-refractivity contribution < 1.29 is 8.81 Å². The zero-order valence-corrected chi connectivity index (χ0v) is 6.23. The predicted octanol–water partition coefficient (Wildman–Crippen LogP) is 3.23. The highest BCUT2D eigenvalue weighted by atomic mass is 35.5. The van der Waals surface area contributed by atoms with Crippen LogP contribution in [0.15, 0.2) is 28.9 Å². The summed E-state index contributed by atoms with van der Waals surface area (Å²) < 4.78 is 17.8.